The van der Waals surface area contributed by atoms with Crippen LogP contribution in [0.15, 0.2) is 36.4 Å². The molecule has 0 fully saturated rings. The number of aryl methyl sites for hydroxylation is 1. The molecule has 0 heterocycles. The van der Waals surface area contributed by atoms with Gasteiger partial charge in [0.1, 0.15) is 23.1 Å². The van der Waals surface area contributed by atoms with Crippen LogP contribution in [0.25, 0.3) is 0 Å². The first-order chi connectivity index (χ1) is 9.52. The van der Waals surface area contributed by atoms with Gasteiger partial charge in [0.15, 0.2) is 0 Å². The van der Waals surface area contributed by atoms with Crippen molar-refractivity contribution in [1.82, 2.24) is 0 Å². The van der Waals surface area contributed by atoms with Gasteiger partial charge in [0.25, 0.3) is 0 Å². The molecule has 0 saturated heterocycles. The van der Waals surface area contributed by atoms with Crippen molar-refractivity contribution in [3.63, 3.8) is 0 Å². The van der Waals surface area contributed by atoms with Crippen molar-refractivity contribution in [2.45, 2.75) is 20.0 Å². The minimum Gasteiger partial charge on any atom is -0.496 e. The predicted molar refractivity (Wildman–Crippen MR) is 74.8 cm³/mol. The fraction of sp³-hybridized carbons (Fsp3) is 0.250. The molecule has 2 rings (SSSR count). The van der Waals surface area contributed by atoms with Gasteiger partial charge >= 0.3 is 0 Å². The third-order valence-corrected chi connectivity index (χ3v) is 3.03. The third-order valence-electron chi connectivity index (χ3n) is 3.03. The number of methoxy groups -OCH3 is 1. The Morgan fingerprint density at radius 1 is 1.15 bits per heavy atom. The number of hydrogen-bond acceptors (Lipinski definition) is 3. The Kier molecular flexibility index (Phi) is 4.25. The SMILES string of the molecule is COc1cccc(Oc2ccc(C)c(F)c2)c1C(C)O. The first-order valence-corrected chi connectivity index (χ1v) is 6.32. The fourth-order valence-electron chi connectivity index (χ4n) is 1.97. The van der Waals surface area contributed by atoms with E-state index < -0.39 is 6.10 Å². The summed E-state index contributed by atoms with van der Waals surface area (Å²) in [4.78, 5) is 0. The van der Waals surface area contributed by atoms with Gasteiger partial charge in [0.05, 0.1) is 18.8 Å². The molecule has 2 aromatic carbocycles. The minimum absolute atomic E-state index is 0.330. The lowest BCUT2D eigenvalue weighted by Gasteiger charge is -2.16. The maximum atomic E-state index is 13.5. The maximum absolute atomic E-state index is 13.5. The quantitative estimate of drug-likeness (QED) is 0.917. The zero-order valence-corrected chi connectivity index (χ0v) is 11.7. The van der Waals surface area contributed by atoms with Gasteiger partial charge in [-0.3, -0.25) is 0 Å². The summed E-state index contributed by atoms with van der Waals surface area (Å²) < 4.78 is 24.4. The molecule has 4 heteroatoms. The van der Waals surface area contributed by atoms with E-state index in [4.69, 9.17) is 9.47 Å². The van der Waals surface area contributed by atoms with E-state index in [2.05, 4.69) is 0 Å². The molecule has 0 aliphatic carbocycles. The molecule has 2 aromatic rings. The van der Waals surface area contributed by atoms with E-state index in [-0.39, 0.29) is 5.82 Å². The first-order valence-electron chi connectivity index (χ1n) is 6.32. The Bertz CT molecular complexity index is 609. The number of aliphatic hydroxyl groups is 1. The van der Waals surface area contributed by atoms with Crippen LogP contribution in [0.2, 0.25) is 0 Å². The molecule has 0 aromatic heterocycles. The highest BCUT2D eigenvalue weighted by molar-refractivity contribution is 5.48. The molecule has 0 radical (unpaired) electrons. The number of benzene rings is 2. The average molecular weight is 276 g/mol. The lowest BCUT2D eigenvalue weighted by atomic mass is 10.1. The molecule has 3 nitrogen and oxygen atoms in total. The highest BCUT2D eigenvalue weighted by Gasteiger charge is 2.16. The topological polar surface area (TPSA) is 38.7 Å². The van der Waals surface area contributed by atoms with Gasteiger partial charge in [-0.15, -0.1) is 0 Å². The summed E-state index contributed by atoms with van der Waals surface area (Å²) >= 11 is 0. The van der Waals surface area contributed by atoms with E-state index in [0.29, 0.717) is 28.4 Å². The monoisotopic (exact) mass is 276 g/mol. The van der Waals surface area contributed by atoms with Gasteiger partial charge in [0, 0.05) is 6.07 Å². The lowest BCUT2D eigenvalue weighted by molar-refractivity contribution is 0.190. The molecule has 20 heavy (non-hydrogen) atoms. The maximum Gasteiger partial charge on any atom is 0.136 e. The van der Waals surface area contributed by atoms with Crippen molar-refractivity contribution in [2.24, 2.45) is 0 Å². The summed E-state index contributed by atoms with van der Waals surface area (Å²) in [5, 5.41) is 9.86. The van der Waals surface area contributed by atoms with Crippen molar-refractivity contribution >= 4 is 0 Å². The van der Waals surface area contributed by atoms with E-state index in [1.54, 1.807) is 44.2 Å². The van der Waals surface area contributed by atoms with Crippen LogP contribution in [0.4, 0.5) is 4.39 Å². The highest BCUT2D eigenvalue weighted by Crippen LogP contribution is 2.36. The second-order valence-corrected chi connectivity index (χ2v) is 4.56. The van der Waals surface area contributed by atoms with Crippen LogP contribution in [0.5, 0.6) is 17.2 Å². The van der Waals surface area contributed by atoms with E-state index in [1.807, 2.05) is 0 Å². The molecule has 0 amide bonds. The molecule has 0 aliphatic rings. The summed E-state index contributed by atoms with van der Waals surface area (Å²) in [6.45, 7) is 3.31. The smallest absolute Gasteiger partial charge is 0.136 e. The Morgan fingerprint density at radius 3 is 2.45 bits per heavy atom. The van der Waals surface area contributed by atoms with E-state index in [1.165, 1.54) is 13.2 Å². The van der Waals surface area contributed by atoms with Gasteiger partial charge < -0.3 is 14.6 Å². The summed E-state index contributed by atoms with van der Waals surface area (Å²) in [7, 11) is 1.52. The summed E-state index contributed by atoms with van der Waals surface area (Å²) in [6, 6.07) is 9.86. The third kappa shape index (κ3) is 2.91. The van der Waals surface area contributed by atoms with E-state index in [0.717, 1.165) is 0 Å². The minimum atomic E-state index is -0.753. The van der Waals surface area contributed by atoms with Crippen molar-refractivity contribution in [3.05, 3.63) is 53.3 Å². The molecular weight excluding hydrogens is 259 g/mol. The van der Waals surface area contributed by atoms with Gasteiger partial charge in [-0.1, -0.05) is 12.1 Å². The van der Waals surface area contributed by atoms with Gasteiger partial charge in [0.2, 0.25) is 0 Å². The van der Waals surface area contributed by atoms with Crippen LogP contribution in [0.3, 0.4) is 0 Å². The van der Waals surface area contributed by atoms with E-state index in [9.17, 15) is 9.50 Å². The Balaban J connectivity index is 2.40. The Hall–Kier alpha value is -2.07. The number of ether oxygens (including phenoxy) is 2. The van der Waals surface area contributed by atoms with Crippen LogP contribution in [-0.2, 0) is 0 Å². The molecule has 0 spiro atoms. The van der Waals surface area contributed by atoms with Crippen molar-refractivity contribution < 1.29 is 19.0 Å². The zero-order valence-electron chi connectivity index (χ0n) is 11.7. The fourth-order valence-corrected chi connectivity index (χ4v) is 1.97. The van der Waals surface area contributed by atoms with Crippen molar-refractivity contribution in [2.75, 3.05) is 7.11 Å². The lowest BCUT2D eigenvalue weighted by Crippen LogP contribution is -2.00. The normalized spacial score (nSPS) is 12.1. The molecule has 106 valence electrons. The largest absolute Gasteiger partial charge is 0.496 e. The second-order valence-electron chi connectivity index (χ2n) is 4.56. The first kappa shape index (κ1) is 14.3. The molecule has 1 N–H and O–H groups in total. The summed E-state index contributed by atoms with van der Waals surface area (Å²) in [5.41, 5.74) is 1.09. The molecule has 0 bridgehead atoms. The van der Waals surface area contributed by atoms with Crippen LogP contribution in [0, 0.1) is 12.7 Å². The van der Waals surface area contributed by atoms with Crippen molar-refractivity contribution in [3.8, 4) is 17.2 Å². The van der Waals surface area contributed by atoms with Crippen molar-refractivity contribution in [1.29, 1.82) is 0 Å². The molecular formula is C16H17FO3. The highest BCUT2D eigenvalue weighted by atomic mass is 19.1. The van der Waals surface area contributed by atoms with Crippen LogP contribution >= 0.6 is 0 Å². The molecule has 0 aliphatic heterocycles. The average Bonchev–Trinajstić information content (AvgIpc) is 2.42. The van der Waals surface area contributed by atoms with Gasteiger partial charge in [-0.2, -0.15) is 0 Å². The summed E-state index contributed by atoms with van der Waals surface area (Å²) in [5.74, 6) is 1.03. The Morgan fingerprint density at radius 2 is 1.85 bits per heavy atom. The predicted octanol–water partition coefficient (Wildman–Crippen LogP) is 3.99. The number of hydrogen-bond donors (Lipinski definition) is 1. The zero-order chi connectivity index (χ0) is 14.7. The van der Waals surface area contributed by atoms with Crippen LogP contribution in [0.1, 0.15) is 24.2 Å². The second kappa shape index (κ2) is 5.92. The molecule has 1 atom stereocenters. The number of aliphatic hydroxyl groups excluding tert-OH is 1. The van der Waals surface area contributed by atoms with E-state index >= 15 is 0 Å². The number of rotatable bonds is 4. The van der Waals surface area contributed by atoms with Gasteiger partial charge in [-0.05, 0) is 37.6 Å². The number of halogens is 1. The van der Waals surface area contributed by atoms with Crippen LogP contribution in [-0.4, -0.2) is 12.2 Å². The molecule has 0 saturated carbocycles. The Labute approximate surface area is 117 Å². The molecule has 1 unspecified atom stereocenters. The van der Waals surface area contributed by atoms with Crippen LogP contribution < -0.4 is 9.47 Å². The summed E-state index contributed by atoms with van der Waals surface area (Å²) in [6.07, 6.45) is -0.753. The van der Waals surface area contributed by atoms with Gasteiger partial charge in [-0.25, -0.2) is 4.39 Å². The standard InChI is InChI=1S/C16H17FO3/c1-10-7-8-12(9-13(10)17)20-15-6-4-5-14(19-3)16(15)11(2)18/h4-9,11,18H,1-3H3.